The number of anilines is 2. The molecule has 0 aliphatic rings. The Labute approximate surface area is 153 Å². The number of aromatic nitrogens is 1. The van der Waals surface area contributed by atoms with Crippen LogP contribution in [0.4, 0.5) is 11.4 Å². The van der Waals surface area contributed by atoms with Gasteiger partial charge in [0.15, 0.2) is 0 Å². The van der Waals surface area contributed by atoms with Gasteiger partial charge in [-0.2, -0.15) is 0 Å². The lowest BCUT2D eigenvalue weighted by Crippen LogP contribution is -1.99. The molecule has 0 bridgehead atoms. The zero-order valence-corrected chi connectivity index (χ0v) is 15.3. The fourth-order valence-electron chi connectivity index (χ4n) is 3.36. The Hall–Kier alpha value is -3.20. The van der Waals surface area contributed by atoms with Crippen molar-refractivity contribution in [2.24, 2.45) is 0 Å². The van der Waals surface area contributed by atoms with Gasteiger partial charge in [0.25, 0.3) is 0 Å². The van der Waals surface area contributed by atoms with E-state index in [1.807, 2.05) is 24.3 Å². The second-order valence-electron chi connectivity index (χ2n) is 6.54. The van der Waals surface area contributed by atoms with Crippen molar-refractivity contribution in [1.29, 1.82) is 0 Å². The number of benzene rings is 3. The second-order valence-corrected chi connectivity index (χ2v) is 6.54. The summed E-state index contributed by atoms with van der Waals surface area (Å²) in [5.74, 6) is 0.880. The van der Waals surface area contributed by atoms with Crippen LogP contribution in [0.3, 0.4) is 0 Å². The minimum absolute atomic E-state index is 0.880. The molecule has 1 N–H and O–H groups in total. The molecule has 0 radical (unpaired) electrons. The Bertz CT molecular complexity index is 1060. The van der Waals surface area contributed by atoms with Gasteiger partial charge in [0.2, 0.25) is 0 Å². The molecule has 0 aliphatic heterocycles. The van der Waals surface area contributed by atoms with Gasteiger partial charge in [-0.25, -0.2) is 0 Å². The number of methoxy groups -OCH3 is 1. The highest BCUT2D eigenvalue weighted by molar-refractivity contribution is 5.85. The normalized spacial score (nSPS) is 10.9. The molecule has 4 rings (SSSR count). The summed E-state index contributed by atoms with van der Waals surface area (Å²) in [6, 6.07) is 25.2. The minimum Gasteiger partial charge on any atom is -0.497 e. The fraction of sp³-hybridized carbons (Fsp3) is 0.130. The molecule has 26 heavy (non-hydrogen) atoms. The van der Waals surface area contributed by atoms with E-state index in [-0.39, 0.29) is 0 Å². The van der Waals surface area contributed by atoms with E-state index in [2.05, 4.69) is 72.3 Å². The van der Waals surface area contributed by atoms with Gasteiger partial charge in [0, 0.05) is 28.1 Å². The highest BCUT2D eigenvalue weighted by Crippen LogP contribution is 2.30. The van der Waals surface area contributed by atoms with Crippen LogP contribution < -0.4 is 10.1 Å². The lowest BCUT2D eigenvalue weighted by molar-refractivity contribution is 0.415. The summed E-state index contributed by atoms with van der Waals surface area (Å²) in [5, 5.41) is 4.71. The first-order valence-electron chi connectivity index (χ1n) is 8.75. The van der Waals surface area contributed by atoms with Crippen molar-refractivity contribution in [1.82, 2.24) is 4.57 Å². The van der Waals surface area contributed by atoms with E-state index in [1.54, 1.807) is 7.11 Å². The number of hydrogen-bond donors (Lipinski definition) is 1. The largest absolute Gasteiger partial charge is 0.497 e. The molecule has 3 nitrogen and oxygen atoms in total. The van der Waals surface area contributed by atoms with Crippen molar-refractivity contribution in [3.63, 3.8) is 0 Å². The maximum atomic E-state index is 5.36. The first-order valence-corrected chi connectivity index (χ1v) is 8.75. The summed E-state index contributed by atoms with van der Waals surface area (Å²) in [5.41, 5.74) is 6.94. The van der Waals surface area contributed by atoms with E-state index in [4.69, 9.17) is 4.74 Å². The number of para-hydroxylation sites is 1. The monoisotopic (exact) mass is 342 g/mol. The molecule has 1 aromatic heterocycles. The first kappa shape index (κ1) is 16.3. The number of fused-ring (bicyclic) bond motifs is 1. The molecule has 0 saturated carbocycles. The quantitative estimate of drug-likeness (QED) is 0.492. The van der Waals surface area contributed by atoms with Gasteiger partial charge in [0.05, 0.1) is 12.6 Å². The summed E-state index contributed by atoms with van der Waals surface area (Å²) in [7, 11) is 1.70. The zero-order valence-electron chi connectivity index (χ0n) is 15.3. The van der Waals surface area contributed by atoms with Crippen molar-refractivity contribution in [2.45, 2.75) is 13.8 Å². The Kier molecular flexibility index (Phi) is 4.13. The highest BCUT2D eigenvalue weighted by atomic mass is 16.5. The Balaban J connectivity index is 1.80. The average molecular weight is 342 g/mol. The Morgan fingerprint density at radius 1 is 0.846 bits per heavy atom. The standard InChI is InChI=1S/C23H22N2O/c1-16-9-10-20(15-22(16)24-19-7-5-4-6-8-19)25-17(2)13-18-14-21(26-3)11-12-23(18)25/h4-15,24H,1-3H3. The molecule has 0 unspecified atom stereocenters. The van der Waals surface area contributed by atoms with Gasteiger partial charge in [-0.15, -0.1) is 0 Å². The van der Waals surface area contributed by atoms with Crippen molar-refractivity contribution >= 4 is 22.3 Å². The molecule has 0 fully saturated rings. The summed E-state index contributed by atoms with van der Waals surface area (Å²) in [6.07, 6.45) is 0. The van der Waals surface area contributed by atoms with Crippen LogP contribution in [0.15, 0.2) is 72.8 Å². The predicted molar refractivity (Wildman–Crippen MR) is 109 cm³/mol. The third-order valence-corrected chi connectivity index (χ3v) is 4.72. The van der Waals surface area contributed by atoms with Crippen LogP contribution in [0.2, 0.25) is 0 Å². The lowest BCUT2D eigenvalue weighted by Gasteiger charge is -2.14. The molecule has 4 aromatic rings. The summed E-state index contributed by atoms with van der Waals surface area (Å²) < 4.78 is 7.64. The van der Waals surface area contributed by atoms with Crippen molar-refractivity contribution in [2.75, 3.05) is 12.4 Å². The van der Waals surface area contributed by atoms with E-state index in [0.29, 0.717) is 0 Å². The summed E-state index contributed by atoms with van der Waals surface area (Å²) in [4.78, 5) is 0. The summed E-state index contributed by atoms with van der Waals surface area (Å²) >= 11 is 0. The van der Waals surface area contributed by atoms with Crippen molar-refractivity contribution < 1.29 is 4.74 Å². The van der Waals surface area contributed by atoms with Gasteiger partial charge >= 0.3 is 0 Å². The van der Waals surface area contributed by atoms with Crippen LogP contribution in [0.1, 0.15) is 11.3 Å². The van der Waals surface area contributed by atoms with Crippen molar-refractivity contribution in [3.8, 4) is 11.4 Å². The predicted octanol–water partition coefficient (Wildman–Crippen LogP) is 6.00. The molecule has 0 spiro atoms. The van der Waals surface area contributed by atoms with Gasteiger partial charge in [-0.1, -0.05) is 24.3 Å². The topological polar surface area (TPSA) is 26.2 Å². The van der Waals surface area contributed by atoms with E-state index in [0.717, 1.165) is 22.8 Å². The van der Waals surface area contributed by atoms with Gasteiger partial charge < -0.3 is 14.6 Å². The van der Waals surface area contributed by atoms with Crippen LogP contribution in [-0.2, 0) is 0 Å². The van der Waals surface area contributed by atoms with Gasteiger partial charge in [-0.3, -0.25) is 0 Å². The molecule has 0 atom stereocenters. The number of nitrogens with zero attached hydrogens (tertiary/aromatic N) is 1. The highest BCUT2D eigenvalue weighted by Gasteiger charge is 2.10. The maximum absolute atomic E-state index is 5.36. The van der Waals surface area contributed by atoms with E-state index >= 15 is 0 Å². The van der Waals surface area contributed by atoms with Gasteiger partial charge in [0.1, 0.15) is 5.75 Å². The Morgan fingerprint density at radius 3 is 2.42 bits per heavy atom. The lowest BCUT2D eigenvalue weighted by atomic mass is 10.1. The average Bonchev–Trinajstić information content (AvgIpc) is 2.99. The second kappa shape index (κ2) is 6.60. The molecule has 3 aromatic carbocycles. The smallest absolute Gasteiger partial charge is 0.119 e. The fourth-order valence-corrected chi connectivity index (χ4v) is 3.36. The summed E-state index contributed by atoms with van der Waals surface area (Å²) in [6.45, 7) is 4.26. The third-order valence-electron chi connectivity index (χ3n) is 4.72. The van der Waals surface area contributed by atoms with E-state index < -0.39 is 0 Å². The van der Waals surface area contributed by atoms with Crippen molar-refractivity contribution in [3.05, 3.63) is 84.1 Å². The van der Waals surface area contributed by atoms with E-state index in [9.17, 15) is 0 Å². The molecule has 0 amide bonds. The Morgan fingerprint density at radius 2 is 1.65 bits per heavy atom. The first-order chi connectivity index (χ1) is 12.7. The molecule has 0 saturated heterocycles. The number of nitrogens with one attached hydrogen (secondary N) is 1. The van der Waals surface area contributed by atoms with Crippen LogP contribution in [-0.4, -0.2) is 11.7 Å². The molecule has 130 valence electrons. The maximum Gasteiger partial charge on any atom is 0.119 e. The zero-order chi connectivity index (χ0) is 18.1. The number of rotatable bonds is 4. The van der Waals surface area contributed by atoms with Crippen LogP contribution in [0.25, 0.3) is 16.6 Å². The third kappa shape index (κ3) is 2.93. The number of ether oxygens (including phenoxy) is 1. The molecular formula is C23H22N2O. The molecular weight excluding hydrogens is 320 g/mol. The van der Waals surface area contributed by atoms with Crippen LogP contribution in [0.5, 0.6) is 5.75 Å². The van der Waals surface area contributed by atoms with Crippen LogP contribution in [0, 0.1) is 13.8 Å². The van der Waals surface area contributed by atoms with Crippen LogP contribution >= 0.6 is 0 Å². The molecule has 0 aliphatic carbocycles. The minimum atomic E-state index is 0.880. The SMILES string of the molecule is COc1ccc2c(c1)cc(C)n2-c1ccc(C)c(Nc2ccccc2)c1. The van der Waals surface area contributed by atoms with Gasteiger partial charge in [-0.05, 0) is 67.9 Å². The molecule has 1 heterocycles. The number of hydrogen-bond acceptors (Lipinski definition) is 2. The number of aryl methyl sites for hydroxylation is 2. The molecule has 3 heteroatoms. The van der Waals surface area contributed by atoms with E-state index in [1.165, 1.54) is 22.2 Å².